The third-order valence-corrected chi connectivity index (χ3v) is 2.85. The molecule has 5 nitrogen and oxygen atoms in total. The minimum absolute atomic E-state index is 0.446. The lowest BCUT2D eigenvalue weighted by Gasteiger charge is -2.25. The number of nitrogens with two attached hydrogens (primary N) is 1. The van der Waals surface area contributed by atoms with Crippen molar-refractivity contribution >= 4 is 16.5 Å². The molecule has 0 aliphatic heterocycles. The molecule has 0 amide bonds. The van der Waals surface area contributed by atoms with Gasteiger partial charge in [0.05, 0.1) is 6.61 Å². The highest BCUT2D eigenvalue weighted by Crippen LogP contribution is 2.15. The van der Waals surface area contributed by atoms with Gasteiger partial charge in [0.1, 0.15) is 10.7 Å². The van der Waals surface area contributed by atoms with Gasteiger partial charge in [-0.15, -0.1) is 5.10 Å². The van der Waals surface area contributed by atoms with E-state index in [2.05, 4.69) is 28.3 Å². The highest BCUT2D eigenvalue weighted by atomic mass is 32.1. The first kappa shape index (κ1) is 12.4. The average molecular weight is 230 g/mol. The van der Waals surface area contributed by atoms with Crippen molar-refractivity contribution in [3.05, 3.63) is 5.69 Å². The predicted molar refractivity (Wildman–Crippen MR) is 61.7 cm³/mol. The first-order chi connectivity index (χ1) is 7.15. The maximum Gasteiger partial charge on any atom is 0.132 e. The Morgan fingerprint density at radius 1 is 1.53 bits per heavy atom. The third-order valence-electron chi connectivity index (χ3n) is 2.25. The van der Waals surface area contributed by atoms with Gasteiger partial charge in [0.25, 0.3) is 0 Å². The molecule has 0 aromatic carbocycles. The summed E-state index contributed by atoms with van der Waals surface area (Å²) in [5.41, 5.74) is 6.62. The average Bonchev–Trinajstić information content (AvgIpc) is 2.58. The van der Waals surface area contributed by atoms with Crippen LogP contribution in [-0.2, 0) is 11.3 Å². The van der Waals surface area contributed by atoms with Crippen molar-refractivity contribution in [2.45, 2.75) is 26.4 Å². The molecule has 0 spiro atoms. The monoisotopic (exact) mass is 230 g/mol. The molecule has 1 heterocycles. The second-order valence-electron chi connectivity index (χ2n) is 3.64. The predicted octanol–water partition coefficient (Wildman–Crippen LogP) is 0.977. The Kier molecular flexibility index (Phi) is 4.93. The van der Waals surface area contributed by atoms with E-state index in [0.717, 1.165) is 25.4 Å². The number of aromatic nitrogens is 2. The minimum atomic E-state index is 0.446. The van der Waals surface area contributed by atoms with Crippen LogP contribution in [0.4, 0.5) is 5.00 Å². The fourth-order valence-corrected chi connectivity index (χ4v) is 1.68. The topological polar surface area (TPSA) is 64.3 Å². The number of ether oxygens (including phenoxy) is 1. The molecule has 0 radical (unpaired) electrons. The van der Waals surface area contributed by atoms with Crippen molar-refractivity contribution < 1.29 is 4.74 Å². The molecule has 0 unspecified atom stereocenters. The van der Waals surface area contributed by atoms with Gasteiger partial charge in [0, 0.05) is 37.8 Å². The van der Waals surface area contributed by atoms with E-state index in [4.69, 9.17) is 10.5 Å². The van der Waals surface area contributed by atoms with Crippen molar-refractivity contribution in [1.29, 1.82) is 0 Å². The van der Waals surface area contributed by atoms with Crippen molar-refractivity contribution in [2.24, 2.45) is 0 Å². The van der Waals surface area contributed by atoms with E-state index in [1.54, 1.807) is 7.11 Å². The summed E-state index contributed by atoms with van der Waals surface area (Å²) in [7, 11) is 1.71. The zero-order valence-electron chi connectivity index (χ0n) is 9.43. The van der Waals surface area contributed by atoms with E-state index < -0.39 is 0 Å². The molecule has 86 valence electrons. The molecule has 0 saturated heterocycles. The van der Waals surface area contributed by atoms with Crippen molar-refractivity contribution in [3.63, 3.8) is 0 Å². The van der Waals surface area contributed by atoms with Gasteiger partial charge in [-0.25, -0.2) is 0 Å². The SMILES string of the molecule is COCCN(Cc1nnsc1N)C(C)C. The van der Waals surface area contributed by atoms with Gasteiger partial charge in [-0.05, 0) is 13.8 Å². The van der Waals surface area contributed by atoms with Crippen LogP contribution >= 0.6 is 11.5 Å². The second kappa shape index (κ2) is 5.99. The third kappa shape index (κ3) is 3.73. The molecule has 0 bridgehead atoms. The molecule has 1 aromatic heterocycles. The Morgan fingerprint density at radius 3 is 2.73 bits per heavy atom. The van der Waals surface area contributed by atoms with Crippen molar-refractivity contribution in [3.8, 4) is 0 Å². The van der Waals surface area contributed by atoms with Gasteiger partial charge >= 0.3 is 0 Å². The smallest absolute Gasteiger partial charge is 0.132 e. The summed E-state index contributed by atoms with van der Waals surface area (Å²) < 4.78 is 8.89. The van der Waals surface area contributed by atoms with Crippen LogP contribution in [0.5, 0.6) is 0 Å². The van der Waals surface area contributed by atoms with Crippen LogP contribution in [0.3, 0.4) is 0 Å². The van der Waals surface area contributed by atoms with E-state index >= 15 is 0 Å². The number of hydrogen-bond acceptors (Lipinski definition) is 6. The van der Waals surface area contributed by atoms with Gasteiger partial charge < -0.3 is 10.5 Å². The molecule has 1 rings (SSSR count). The summed E-state index contributed by atoms with van der Waals surface area (Å²) in [6.45, 7) is 6.63. The van der Waals surface area contributed by atoms with E-state index in [0.29, 0.717) is 11.0 Å². The summed E-state index contributed by atoms with van der Waals surface area (Å²) in [6, 6.07) is 0.446. The molecule has 0 aliphatic rings. The molecular formula is C9H18N4OS. The summed E-state index contributed by atoms with van der Waals surface area (Å²) >= 11 is 1.24. The summed E-state index contributed by atoms with van der Waals surface area (Å²) in [6.07, 6.45) is 0. The summed E-state index contributed by atoms with van der Waals surface area (Å²) in [5, 5.41) is 4.71. The first-order valence-electron chi connectivity index (χ1n) is 4.94. The van der Waals surface area contributed by atoms with Crippen LogP contribution in [0.2, 0.25) is 0 Å². The molecule has 0 saturated carbocycles. The number of rotatable bonds is 6. The van der Waals surface area contributed by atoms with Crippen LogP contribution < -0.4 is 5.73 Å². The van der Waals surface area contributed by atoms with Crippen LogP contribution in [-0.4, -0.2) is 40.8 Å². The molecule has 0 atom stereocenters. The van der Waals surface area contributed by atoms with Gasteiger partial charge in [-0.1, -0.05) is 4.49 Å². The lowest BCUT2D eigenvalue weighted by atomic mass is 10.3. The van der Waals surface area contributed by atoms with Crippen LogP contribution in [0.1, 0.15) is 19.5 Å². The standard InChI is InChI=1S/C9H18N4OS/c1-7(2)13(4-5-14-3)6-8-9(10)15-12-11-8/h7H,4-6,10H2,1-3H3. The van der Waals surface area contributed by atoms with E-state index in [-0.39, 0.29) is 0 Å². The Hall–Kier alpha value is -0.720. The van der Waals surface area contributed by atoms with Crippen molar-refractivity contribution in [1.82, 2.24) is 14.5 Å². The van der Waals surface area contributed by atoms with Gasteiger partial charge in [0.15, 0.2) is 0 Å². The van der Waals surface area contributed by atoms with Gasteiger partial charge in [-0.2, -0.15) is 0 Å². The van der Waals surface area contributed by atoms with Crippen LogP contribution in [0.25, 0.3) is 0 Å². The number of nitrogen functional groups attached to an aromatic ring is 1. The lowest BCUT2D eigenvalue weighted by molar-refractivity contribution is 0.124. The first-order valence-corrected chi connectivity index (χ1v) is 5.72. The highest BCUT2D eigenvalue weighted by Gasteiger charge is 2.13. The number of methoxy groups -OCH3 is 1. The minimum Gasteiger partial charge on any atom is -0.388 e. The fourth-order valence-electron chi connectivity index (χ4n) is 1.25. The molecule has 0 aliphatic carbocycles. The number of hydrogen-bond donors (Lipinski definition) is 1. The fraction of sp³-hybridized carbons (Fsp3) is 0.778. The highest BCUT2D eigenvalue weighted by molar-refractivity contribution is 7.09. The molecule has 0 fully saturated rings. The molecule has 2 N–H and O–H groups in total. The second-order valence-corrected chi connectivity index (χ2v) is 4.43. The molecule has 6 heteroatoms. The Labute approximate surface area is 94.4 Å². The Balaban J connectivity index is 2.54. The summed E-state index contributed by atoms with van der Waals surface area (Å²) in [5.74, 6) is 0. The summed E-state index contributed by atoms with van der Waals surface area (Å²) in [4.78, 5) is 2.26. The molecule has 1 aromatic rings. The maximum absolute atomic E-state index is 5.75. The zero-order valence-corrected chi connectivity index (χ0v) is 10.3. The van der Waals surface area contributed by atoms with E-state index in [9.17, 15) is 0 Å². The Bertz CT molecular complexity index is 289. The normalized spacial score (nSPS) is 11.5. The number of anilines is 1. The Morgan fingerprint density at radius 2 is 2.27 bits per heavy atom. The van der Waals surface area contributed by atoms with E-state index in [1.165, 1.54) is 11.5 Å². The quantitative estimate of drug-likeness (QED) is 0.789. The maximum atomic E-state index is 5.75. The van der Waals surface area contributed by atoms with Gasteiger partial charge in [0.2, 0.25) is 0 Å². The zero-order chi connectivity index (χ0) is 11.3. The lowest BCUT2D eigenvalue weighted by Crippen LogP contribution is -2.33. The van der Waals surface area contributed by atoms with Crippen molar-refractivity contribution in [2.75, 3.05) is 26.0 Å². The van der Waals surface area contributed by atoms with Gasteiger partial charge in [-0.3, -0.25) is 4.90 Å². The molecular weight excluding hydrogens is 212 g/mol. The largest absolute Gasteiger partial charge is 0.388 e. The van der Waals surface area contributed by atoms with E-state index in [1.807, 2.05) is 0 Å². The van der Waals surface area contributed by atoms with Crippen LogP contribution in [0, 0.1) is 0 Å². The number of nitrogens with zero attached hydrogens (tertiary/aromatic N) is 3. The van der Waals surface area contributed by atoms with Crippen LogP contribution in [0.15, 0.2) is 0 Å². The molecule has 15 heavy (non-hydrogen) atoms.